The van der Waals surface area contributed by atoms with Crippen molar-refractivity contribution in [1.82, 2.24) is 4.90 Å². The summed E-state index contributed by atoms with van der Waals surface area (Å²) in [6, 6.07) is 0. The SMILES string of the molecule is CC1CC2=CCCC=C2CN(C)C1=O. The second kappa shape index (κ2) is 3.60. The standard InChI is InChI=1S/C12H17NO/c1-9-7-10-5-3-4-6-11(10)8-13(2)12(9)14/h5-6,9H,3-4,7-8H2,1-2H3. The Morgan fingerprint density at radius 1 is 1.29 bits per heavy atom. The van der Waals surface area contributed by atoms with Gasteiger partial charge in [0.1, 0.15) is 0 Å². The lowest BCUT2D eigenvalue weighted by Gasteiger charge is -2.17. The normalized spacial score (nSPS) is 27.7. The molecule has 0 bridgehead atoms. The third-order valence-corrected chi connectivity index (χ3v) is 3.09. The molecule has 1 aliphatic carbocycles. The van der Waals surface area contributed by atoms with Crippen molar-refractivity contribution in [2.45, 2.75) is 26.2 Å². The Morgan fingerprint density at radius 2 is 1.93 bits per heavy atom. The monoisotopic (exact) mass is 191 g/mol. The molecular weight excluding hydrogens is 174 g/mol. The van der Waals surface area contributed by atoms with Gasteiger partial charge in [-0.2, -0.15) is 0 Å². The maximum absolute atomic E-state index is 11.8. The van der Waals surface area contributed by atoms with E-state index in [0.717, 1.165) is 25.8 Å². The fourth-order valence-electron chi connectivity index (χ4n) is 2.28. The highest BCUT2D eigenvalue weighted by Crippen LogP contribution is 2.29. The van der Waals surface area contributed by atoms with E-state index in [2.05, 4.69) is 12.2 Å². The third-order valence-electron chi connectivity index (χ3n) is 3.09. The van der Waals surface area contributed by atoms with Gasteiger partial charge < -0.3 is 4.90 Å². The summed E-state index contributed by atoms with van der Waals surface area (Å²) in [7, 11) is 1.90. The third kappa shape index (κ3) is 1.61. The van der Waals surface area contributed by atoms with Crippen molar-refractivity contribution in [2.24, 2.45) is 5.92 Å². The maximum Gasteiger partial charge on any atom is 0.225 e. The fraction of sp³-hybridized carbons (Fsp3) is 0.583. The molecule has 1 unspecified atom stereocenters. The Labute approximate surface area is 85.3 Å². The van der Waals surface area contributed by atoms with Crippen LogP contribution in [-0.4, -0.2) is 24.4 Å². The molecule has 0 radical (unpaired) electrons. The molecule has 2 rings (SSSR count). The molecule has 1 heterocycles. The summed E-state index contributed by atoms with van der Waals surface area (Å²) in [4.78, 5) is 13.6. The molecule has 14 heavy (non-hydrogen) atoms. The van der Waals surface area contributed by atoms with Crippen LogP contribution in [0.2, 0.25) is 0 Å². The fourth-order valence-corrected chi connectivity index (χ4v) is 2.28. The topological polar surface area (TPSA) is 20.3 Å². The first-order chi connectivity index (χ1) is 6.68. The lowest BCUT2D eigenvalue weighted by atomic mass is 9.92. The highest BCUT2D eigenvalue weighted by molar-refractivity contribution is 5.80. The molecule has 2 heteroatoms. The number of rotatable bonds is 0. The van der Waals surface area contributed by atoms with Crippen LogP contribution in [0.3, 0.4) is 0 Å². The van der Waals surface area contributed by atoms with Crippen molar-refractivity contribution in [3.05, 3.63) is 23.3 Å². The highest BCUT2D eigenvalue weighted by atomic mass is 16.2. The first kappa shape index (κ1) is 9.50. The summed E-state index contributed by atoms with van der Waals surface area (Å²) in [6.07, 6.45) is 7.79. The molecule has 0 aromatic rings. The van der Waals surface area contributed by atoms with Crippen LogP contribution in [0.25, 0.3) is 0 Å². The smallest absolute Gasteiger partial charge is 0.225 e. The number of hydrogen-bond donors (Lipinski definition) is 0. The number of fused-ring (bicyclic) bond motifs is 1. The number of nitrogens with zero attached hydrogens (tertiary/aromatic N) is 1. The molecule has 1 fully saturated rings. The van der Waals surface area contributed by atoms with Gasteiger partial charge in [0.2, 0.25) is 5.91 Å². The van der Waals surface area contributed by atoms with E-state index in [1.54, 1.807) is 0 Å². The van der Waals surface area contributed by atoms with Gasteiger partial charge in [-0.15, -0.1) is 0 Å². The quantitative estimate of drug-likeness (QED) is 0.574. The van der Waals surface area contributed by atoms with Gasteiger partial charge in [-0.3, -0.25) is 4.79 Å². The zero-order valence-electron chi connectivity index (χ0n) is 8.92. The average molecular weight is 191 g/mol. The van der Waals surface area contributed by atoms with Crippen molar-refractivity contribution >= 4 is 5.91 Å². The second-order valence-electron chi connectivity index (χ2n) is 4.34. The Hall–Kier alpha value is -1.05. The average Bonchev–Trinajstić information content (AvgIpc) is 2.28. The van der Waals surface area contributed by atoms with Crippen LogP contribution in [0, 0.1) is 5.92 Å². The molecule has 2 nitrogen and oxygen atoms in total. The van der Waals surface area contributed by atoms with Crippen LogP contribution in [-0.2, 0) is 4.79 Å². The molecule has 0 N–H and O–H groups in total. The van der Waals surface area contributed by atoms with E-state index in [1.807, 2.05) is 18.9 Å². The van der Waals surface area contributed by atoms with Crippen LogP contribution in [0.15, 0.2) is 23.3 Å². The molecule has 1 aliphatic heterocycles. The predicted octanol–water partition coefficient (Wildman–Crippen LogP) is 2.13. The van der Waals surface area contributed by atoms with Crippen LogP contribution in [0.4, 0.5) is 0 Å². The molecule has 76 valence electrons. The summed E-state index contributed by atoms with van der Waals surface area (Å²) in [5.41, 5.74) is 2.78. The zero-order chi connectivity index (χ0) is 10.1. The Morgan fingerprint density at radius 3 is 2.64 bits per heavy atom. The highest BCUT2D eigenvalue weighted by Gasteiger charge is 2.25. The van der Waals surface area contributed by atoms with Crippen LogP contribution >= 0.6 is 0 Å². The van der Waals surface area contributed by atoms with Crippen LogP contribution in [0.5, 0.6) is 0 Å². The number of carbonyl (C=O) groups excluding carboxylic acids is 1. The number of carbonyl (C=O) groups is 1. The first-order valence-electron chi connectivity index (χ1n) is 5.32. The molecule has 0 spiro atoms. The summed E-state index contributed by atoms with van der Waals surface area (Å²) in [5, 5.41) is 0. The molecule has 1 atom stereocenters. The van der Waals surface area contributed by atoms with Crippen molar-refractivity contribution in [2.75, 3.05) is 13.6 Å². The van der Waals surface area contributed by atoms with E-state index < -0.39 is 0 Å². The second-order valence-corrected chi connectivity index (χ2v) is 4.34. The largest absolute Gasteiger partial charge is 0.341 e. The van der Waals surface area contributed by atoms with Gasteiger partial charge in [0, 0.05) is 19.5 Å². The molecule has 0 aromatic heterocycles. The Bertz CT molecular complexity index is 284. The maximum atomic E-state index is 11.8. The van der Waals surface area contributed by atoms with Crippen LogP contribution in [0.1, 0.15) is 26.2 Å². The van der Waals surface area contributed by atoms with Crippen molar-refractivity contribution in [1.29, 1.82) is 0 Å². The van der Waals surface area contributed by atoms with Gasteiger partial charge in [-0.05, 0) is 30.4 Å². The zero-order valence-corrected chi connectivity index (χ0v) is 8.92. The summed E-state index contributed by atoms with van der Waals surface area (Å²) >= 11 is 0. The van der Waals surface area contributed by atoms with E-state index in [9.17, 15) is 4.79 Å². The molecule has 0 aromatic carbocycles. The van der Waals surface area contributed by atoms with Gasteiger partial charge >= 0.3 is 0 Å². The van der Waals surface area contributed by atoms with Crippen molar-refractivity contribution < 1.29 is 4.79 Å². The number of likely N-dealkylation sites (N-methyl/N-ethyl adjacent to an activating group) is 1. The summed E-state index contributed by atoms with van der Waals surface area (Å²) in [5.74, 6) is 0.427. The Kier molecular flexibility index (Phi) is 2.44. The van der Waals surface area contributed by atoms with Gasteiger partial charge in [-0.25, -0.2) is 0 Å². The molecule has 1 amide bonds. The van der Waals surface area contributed by atoms with Crippen molar-refractivity contribution in [3.8, 4) is 0 Å². The van der Waals surface area contributed by atoms with Crippen molar-refractivity contribution in [3.63, 3.8) is 0 Å². The van der Waals surface area contributed by atoms with Gasteiger partial charge in [0.05, 0.1) is 0 Å². The van der Waals surface area contributed by atoms with E-state index in [-0.39, 0.29) is 11.8 Å². The summed E-state index contributed by atoms with van der Waals surface area (Å²) in [6.45, 7) is 2.83. The first-order valence-corrected chi connectivity index (χ1v) is 5.32. The predicted molar refractivity (Wildman–Crippen MR) is 56.8 cm³/mol. The van der Waals surface area contributed by atoms with Gasteiger partial charge in [-0.1, -0.05) is 19.1 Å². The minimum atomic E-state index is 0.148. The molecule has 2 aliphatic rings. The number of likely N-dealkylation sites (tertiary alicyclic amines) is 1. The lowest BCUT2D eigenvalue weighted by Crippen LogP contribution is -2.30. The number of hydrogen-bond acceptors (Lipinski definition) is 1. The van der Waals surface area contributed by atoms with E-state index in [4.69, 9.17) is 0 Å². The van der Waals surface area contributed by atoms with E-state index in [1.165, 1.54) is 11.1 Å². The minimum Gasteiger partial charge on any atom is -0.341 e. The molecule has 1 saturated heterocycles. The van der Waals surface area contributed by atoms with Crippen LogP contribution < -0.4 is 0 Å². The van der Waals surface area contributed by atoms with Gasteiger partial charge in [0.25, 0.3) is 0 Å². The van der Waals surface area contributed by atoms with E-state index in [0.29, 0.717) is 0 Å². The lowest BCUT2D eigenvalue weighted by molar-refractivity contribution is -0.132. The molecule has 0 saturated carbocycles. The number of allylic oxidation sites excluding steroid dienone is 2. The van der Waals surface area contributed by atoms with E-state index >= 15 is 0 Å². The minimum absolute atomic E-state index is 0.148. The summed E-state index contributed by atoms with van der Waals surface area (Å²) < 4.78 is 0. The Balaban J connectivity index is 2.28. The molecular formula is C12H17NO. The van der Waals surface area contributed by atoms with Gasteiger partial charge in [0.15, 0.2) is 0 Å². The number of amides is 1.